The monoisotopic (exact) mass is 208 g/mol. The fourth-order valence-corrected chi connectivity index (χ4v) is 1.59. The summed E-state index contributed by atoms with van der Waals surface area (Å²) >= 11 is 0. The lowest BCUT2D eigenvalue weighted by atomic mass is 9.94. The molecule has 1 N–H and O–H groups in total. The van der Waals surface area contributed by atoms with Crippen LogP contribution in [-0.4, -0.2) is 13.1 Å². The summed E-state index contributed by atoms with van der Waals surface area (Å²) in [7, 11) is 0. The maximum atomic E-state index is 8.70. The SMILES string of the molecule is Cl.N#Cc1cccc(CC2CNC2)c1. The molecule has 1 heterocycles. The lowest BCUT2D eigenvalue weighted by Gasteiger charge is -2.27. The summed E-state index contributed by atoms with van der Waals surface area (Å²) in [5.74, 6) is 0.772. The Balaban J connectivity index is 0.000000980. The summed E-state index contributed by atoms with van der Waals surface area (Å²) in [5.41, 5.74) is 2.05. The highest BCUT2D eigenvalue weighted by atomic mass is 35.5. The van der Waals surface area contributed by atoms with E-state index < -0.39 is 0 Å². The molecule has 74 valence electrons. The van der Waals surface area contributed by atoms with Crippen molar-refractivity contribution in [1.82, 2.24) is 5.32 Å². The summed E-state index contributed by atoms with van der Waals surface area (Å²) in [6, 6.07) is 10.0. The minimum atomic E-state index is 0. The maximum absolute atomic E-state index is 8.70. The normalized spacial score (nSPS) is 15.1. The van der Waals surface area contributed by atoms with Gasteiger partial charge in [0.25, 0.3) is 0 Å². The zero-order valence-corrected chi connectivity index (χ0v) is 8.68. The molecule has 1 saturated heterocycles. The fraction of sp³-hybridized carbons (Fsp3) is 0.364. The van der Waals surface area contributed by atoms with Gasteiger partial charge in [-0.3, -0.25) is 0 Å². The van der Waals surface area contributed by atoms with E-state index in [0.29, 0.717) is 0 Å². The minimum Gasteiger partial charge on any atom is -0.316 e. The number of hydrogen-bond donors (Lipinski definition) is 1. The summed E-state index contributed by atoms with van der Waals surface area (Å²) in [6.45, 7) is 2.24. The van der Waals surface area contributed by atoms with Crippen LogP contribution in [-0.2, 0) is 6.42 Å². The van der Waals surface area contributed by atoms with Gasteiger partial charge in [-0.1, -0.05) is 12.1 Å². The molecule has 0 radical (unpaired) electrons. The quantitative estimate of drug-likeness (QED) is 0.804. The van der Waals surface area contributed by atoms with Gasteiger partial charge in [0.15, 0.2) is 0 Å². The van der Waals surface area contributed by atoms with Gasteiger partial charge in [-0.15, -0.1) is 12.4 Å². The van der Waals surface area contributed by atoms with Crippen LogP contribution in [0.2, 0.25) is 0 Å². The Morgan fingerprint density at radius 2 is 2.21 bits per heavy atom. The van der Waals surface area contributed by atoms with Gasteiger partial charge in [-0.25, -0.2) is 0 Å². The van der Waals surface area contributed by atoms with Crippen molar-refractivity contribution in [2.45, 2.75) is 6.42 Å². The number of nitrogens with zero attached hydrogens (tertiary/aromatic N) is 1. The van der Waals surface area contributed by atoms with Crippen molar-refractivity contribution in [1.29, 1.82) is 5.26 Å². The highest BCUT2D eigenvalue weighted by Crippen LogP contribution is 2.13. The molecule has 0 bridgehead atoms. The first-order chi connectivity index (χ1) is 6.38. The third kappa shape index (κ3) is 2.47. The molecule has 1 aromatic carbocycles. The topological polar surface area (TPSA) is 35.8 Å². The molecule has 1 fully saturated rings. The van der Waals surface area contributed by atoms with Gasteiger partial charge in [-0.05, 0) is 43.1 Å². The van der Waals surface area contributed by atoms with Gasteiger partial charge in [-0.2, -0.15) is 5.26 Å². The van der Waals surface area contributed by atoms with Gasteiger partial charge in [0.05, 0.1) is 11.6 Å². The zero-order chi connectivity index (χ0) is 9.10. The molecule has 0 atom stereocenters. The highest BCUT2D eigenvalue weighted by Gasteiger charge is 2.16. The van der Waals surface area contributed by atoms with Crippen LogP contribution >= 0.6 is 12.4 Å². The highest BCUT2D eigenvalue weighted by molar-refractivity contribution is 5.85. The number of nitrogens with one attached hydrogen (secondary N) is 1. The van der Waals surface area contributed by atoms with E-state index in [2.05, 4.69) is 17.5 Å². The average molecular weight is 209 g/mol. The standard InChI is InChI=1S/C11H12N2.ClH/c12-6-10-3-1-2-9(4-10)5-11-7-13-8-11;/h1-4,11,13H,5,7-8H2;1H. The van der Waals surface area contributed by atoms with E-state index in [-0.39, 0.29) is 12.4 Å². The Kier molecular flexibility index (Phi) is 3.94. The van der Waals surface area contributed by atoms with Crippen molar-refractivity contribution in [3.05, 3.63) is 35.4 Å². The van der Waals surface area contributed by atoms with Crippen LogP contribution in [0.5, 0.6) is 0 Å². The lowest BCUT2D eigenvalue weighted by molar-refractivity contribution is 0.346. The molecule has 1 aliphatic heterocycles. The summed E-state index contributed by atoms with van der Waals surface area (Å²) in [6.07, 6.45) is 1.10. The first-order valence-electron chi connectivity index (χ1n) is 4.58. The van der Waals surface area contributed by atoms with Crippen molar-refractivity contribution in [2.24, 2.45) is 5.92 Å². The molecule has 0 saturated carbocycles. The molecule has 1 aromatic rings. The van der Waals surface area contributed by atoms with Crippen LogP contribution < -0.4 is 5.32 Å². The van der Waals surface area contributed by atoms with Gasteiger partial charge in [0.1, 0.15) is 0 Å². The van der Waals surface area contributed by atoms with Crippen molar-refractivity contribution in [3.8, 4) is 6.07 Å². The number of benzene rings is 1. The molecule has 0 aromatic heterocycles. The van der Waals surface area contributed by atoms with Crippen LogP contribution in [0, 0.1) is 17.2 Å². The van der Waals surface area contributed by atoms with E-state index in [1.807, 2.05) is 18.2 Å². The third-order valence-electron chi connectivity index (χ3n) is 2.45. The van der Waals surface area contributed by atoms with Crippen molar-refractivity contribution >= 4 is 12.4 Å². The predicted molar refractivity (Wildman–Crippen MR) is 58.5 cm³/mol. The summed E-state index contributed by atoms with van der Waals surface area (Å²) in [5, 5.41) is 12.0. The van der Waals surface area contributed by atoms with Gasteiger partial charge < -0.3 is 5.32 Å². The van der Waals surface area contributed by atoms with Crippen LogP contribution in [0.1, 0.15) is 11.1 Å². The number of hydrogen-bond acceptors (Lipinski definition) is 2. The second-order valence-corrected chi connectivity index (χ2v) is 3.54. The van der Waals surface area contributed by atoms with Gasteiger partial charge in [0.2, 0.25) is 0 Å². The lowest BCUT2D eigenvalue weighted by Crippen LogP contribution is -2.43. The molecular weight excluding hydrogens is 196 g/mol. The molecule has 2 nitrogen and oxygen atoms in total. The minimum absolute atomic E-state index is 0. The van der Waals surface area contributed by atoms with Crippen molar-refractivity contribution < 1.29 is 0 Å². The maximum Gasteiger partial charge on any atom is 0.0991 e. The van der Waals surface area contributed by atoms with E-state index in [1.54, 1.807) is 0 Å². The van der Waals surface area contributed by atoms with Crippen molar-refractivity contribution in [2.75, 3.05) is 13.1 Å². The molecule has 0 spiro atoms. The average Bonchev–Trinajstić information content (AvgIpc) is 2.12. The number of rotatable bonds is 2. The number of nitriles is 1. The summed E-state index contributed by atoms with van der Waals surface area (Å²) in [4.78, 5) is 0. The Labute approximate surface area is 90.3 Å². The molecular formula is C11H13ClN2. The van der Waals surface area contributed by atoms with Crippen molar-refractivity contribution in [3.63, 3.8) is 0 Å². The number of halogens is 1. The Hall–Kier alpha value is -1.04. The first-order valence-corrected chi connectivity index (χ1v) is 4.58. The fourth-order valence-electron chi connectivity index (χ4n) is 1.59. The second kappa shape index (κ2) is 4.99. The van der Waals surface area contributed by atoms with E-state index in [1.165, 1.54) is 5.56 Å². The van der Waals surface area contributed by atoms with E-state index >= 15 is 0 Å². The van der Waals surface area contributed by atoms with E-state index in [4.69, 9.17) is 5.26 Å². The molecule has 0 aliphatic carbocycles. The Morgan fingerprint density at radius 3 is 2.79 bits per heavy atom. The van der Waals surface area contributed by atoms with E-state index in [9.17, 15) is 0 Å². The van der Waals surface area contributed by atoms with E-state index in [0.717, 1.165) is 31.0 Å². The zero-order valence-electron chi connectivity index (χ0n) is 7.86. The van der Waals surface area contributed by atoms with Crippen LogP contribution in [0.25, 0.3) is 0 Å². The Bertz CT molecular complexity index is 339. The molecule has 2 rings (SSSR count). The molecule has 14 heavy (non-hydrogen) atoms. The van der Waals surface area contributed by atoms with Gasteiger partial charge in [0, 0.05) is 0 Å². The first kappa shape index (κ1) is 11.0. The smallest absolute Gasteiger partial charge is 0.0991 e. The third-order valence-corrected chi connectivity index (χ3v) is 2.45. The molecule has 1 aliphatic rings. The molecule has 0 unspecified atom stereocenters. The molecule has 3 heteroatoms. The van der Waals surface area contributed by atoms with Crippen LogP contribution in [0.3, 0.4) is 0 Å². The largest absolute Gasteiger partial charge is 0.316 e. The molecule has 0 amide bonds. The predicted octanol–water partition coefficient (Wildman–Crippen LogP) is 1.74. The van der Waals surface area contributed by atoms with Crippen LogP contribution in [0.15, 0.2) is 24.3 Å². The second-order valence-electron chi connectivity index (χ2n) is 3.54. The summed E-state index contributed by atoms with van der Waals surface area (Å²) < 4.78 is 0. The van der Waals surface area contributed by atoms with Crippen LogP contribution in [0.4, 0.5) is 0 Å². The van der Waals surface area contributed by atoms with Gasteiger partial charge >= 0.3 is 0 Å². The Morgan fingerprint density at radius 1 is 1.43 bits per heavy atom.